The highest BCUT2D eigenvalue weighted by molar-refractivity contribution is 9.10. The molecule has 19 heavy (non-hydrogen) atoms. The molecule has 0 unspecified atom stereocenters. The molecule has 3 aromatic rings. The van der Waals surface area contributed by atoms with Gasteiger partial charge in [0.05, 0.1) is 21.7 Å². The summed E-state index contributed by atoms with van der Waals surface area (Å²) < 4.78 is 3.34. The van der Waals surface area contributed by atoms with Crippen LogP contribution in [0.1, 0.15) is 0 Å². The zero-order chi connectivity index (χ0) is 13.6. The fraction of sp³-hybridized carbons (Fsp3) is 0. The summed E-state index contributed by atoms with van der Waals surface area (Å²) in [5.74, 6) is 0. The van der Waals surface area contributed by atoms with E-state index >= 15 is 0 Å². The monoisotopic (exact) mass is 372 g/mol. The van der Waals surface area contributed by atoms with Crippen molar-refractivity contribution < 1.29 is 0 Å². The summed E-state index contributed by atoms with van der Waals surface area (Å²) in [4.78, 5) is 3.15. The van der Waals surface area contributed by atoms with Gasteiger partial charge in [-0.05, 0) is 58.5 Å². The normalized spacial score (nSPS) is 11.1. The van der Waals surface area contributed by atoms with Crippen molar-refractivity contribution in [2.24, 2.45) is 0 Å². The van der Waals surface area contributed by atoms with Crippen LogP contribution in [0.2, 0.25) is 10.0 Å². The van der Waals surface area contributed by atoms with Crippen molar-refractivity contribution in [1.29, 1.82) is 0 Å². The van der Waals surface area contributed by atoms with Gasteiger partial charge < -0.3 is 4.98 Å². The molecule has 0 aliphatic carbocycles. The van der Waals surface area contributed by atoms with E-state index in [1.165, 1.54) is 0 Å². The van der Waals surface area contributed by atoms with Crippen molar-refractivity contribution in [3.63, 3.8) is 0 Å². The summed E-state index contributed by atoms with van der Waals surface area (Å²) in [6.07, 6.45) is 0. The largest absolute Gasteiger partial charge is 0.330 e. The van der Waals surface area contributed by atoms with Gasteiger partial charge in [0.25, 0.3) is 0 Å². The van der Waals surface area contributed by atoms with Crippen molar-refractivity contribution >= 4 is 62.4 Å². The number of rotatable bonds is 1. The Morgan fingerprint density at radius 1 is 1.16 bits per heavy atom. The van der Waals surface area contributed by atoms with E-state index in [1.807, 2.05) is 41.0 Å². The number of para-hydroxylation sites is 1. The van der Waals surface area contributed by atoms with Crippen molar-refractivity contribution in [2.45, 2.75) is 0 Å². The Bertz CT molecular complexity index is 838. The molecular formula is C13H7BrCl2N2S. The van der Waals surface area contributed by atoms with Crippen LogP contribution in [-0.4, -0.2) is 9.55 Å². The molecule has 6 heteroatoms. The molecule has 0 amide bonds. The number of halogens is 3. The first kappa shape index (κ1) is 13.2. The highest BCUT2D eigenvalue weighted by Gasteiger charge is 2.12. The second-order valence-electron chi connectivity index (χ2n) is 4.00. The second-order valence-corrected chi connectivity index (χ2v) is 6.08. The molecule has 0 aliphatic rings. The molecule has 3 rings (SSSR count). The van der Waals surface area contributed by atoms with Crippen LogP contribution in [-0.2, 0) is 0 Å². The van der Waals surface area contributed by atoms with Gasteiger partial charge in [-0.15, -0.1) is 0 Å². The molecule has 96 valence electrons. The van der Waals surface area contributed by atoms with Crippen molar-refractivity contribution in [1.82, 2.24) is 9.55 Å². The van der Waals surface area contributed by atoms with Crippen LogP contribution in [0, 0.1) is 4.77 Å². The molecule has 1 aromatic heterocycles. The molecule has 0 fully saturated rings. The fourth-order valence-electron chi connectivity index (χ4n) is 2.01. The lowest BCUT2D eigenvalue weighted by molar-refractivity contribution is 1.06. The van der Waals surface area contributed by atoms with Gasteiger partial charge in [0.1, 0.15) is 0 Å². The van der Waals surface area contributed by atoms with Crippen molar-refractivity contribution in [3.05, 3.63) is 55.7 Å². The highest BCUT2D eigenvalue weighted by atomic mass is 79.9. The zero-order valence-corrected chi connectivity index (χ0v) is 13.4. The molecule has 0 saturated carbocycles. The Morgan fingerprint density at radius 2 is 1.95 bits per heavy atom. The fourth-order valence-corrected chi connectivity index (χ4v) is 3.43. The summed E-state index contributed by atoms with van der Waals surface area (Å²) in [6, 6.07) is 11.2. The van der Waals surface area contributed by atoms with E-state index in [9.17, 15) is 0 Å². The van der Waals surface area contributed by atoms with E-state index in [1.54, 1.807) is 0 Å². The molecule has 1 N–H and O–H groups in total. The average molecular weight is 374 g/mol. The summed E-state index contributed by atoms with van der Waals surface area (Å²) >= 11 is 21.1. The van der Waals surface area contributed by atoms with Gasteiger partial charge in [-0.3, -0.25) is 4.57 Å². The predicted molar refractivity (Wildman–Crippen MR) is 86.2 cm³/mol. The number of fused-ring (bicyclic) bond motifs is 1. The topological polar surface area (TPSA) is 20.7 Å². The molecule has 2 nitrogen and oxygen atoms in total. The maximum Gasteiger partial charge on any atom is 0.182 e. The van der Waals surface area contributed by atoms with E-state index < -0.39 is 0 Å². The summed E-state index contributed by atoms with van der Waals surface area (Å²) in [6.45, 7) is 0. The van der Waals surface area contributed by atoms with Gasteiger partial charge in [0.15, 0.2) is 4.77 Å². The number of H-pyrrole nitrogens is 1. The number of benzene rings is 2. The Hall–Kier alpha value is -0.810. The number of hydrogen-bond donors (Lipinski definition) is 1. The number of hydrogen-bond acceptors (Lipinski definition) is 1. The van der Waals surface area contributed by atoms with Crippen LogP contribution >= 0.6 is 51.3 Å². The highest BCUT2D eigenvalue weighted by Crippen LogP contribution is 2.31. The first-order valence-corrected chi connectivity index (χ1v) is 7.38. The first-order valence-electron chi connectivity index (χ1n) is 5.42. The average Bonchev–Trinajstić information content (AvgIpc) is 2.67. The Labute approximate surface area is 133 Å². The molecule has 0 spiro atoms. The van der Waals surface area contributed by atoms with Crippen LogP contribution in [0.25, 0.3) is 16.7 Å². The minimum absolute atomic E-state index is 0.589. The second kappa shape index (κ2) is 4.94. The molecule has 0 bridgehead atoms. The van der Waals surface area contributed by atoms with Crippen LogP contribution in [0.15, 0.2) is 40.9 Å². The Morgan fingerprint density at radius 3 is 2.68 bits per heavy atom. The zero-order valence-electron chi connectivity index (χ0n) is 9.45. The SMILES string of the molecule is S=c1[nH]c2cccc(Cl)c2n1-c1ccc(Cl)cc1Br. The third kappa shape index (κ3) is 2.23. The van der Waals surface area contributed by atoms with Crippen molar-refractivity contribution in [2.75, 3.05) is 0 Å². The smallest absolute Gasteiger partial charge is 0.182 e. The molecular weight excluding hydrogens is 367 g/mol. The lowest BCUT2D eigenvalue weighted by Crippen LogP contribution is -1.95. The summed E-state index contributed by atoms with van der Waals surface area (Å²) in [7, 11) is 0. The lowest BCUT2D eigenvalue weighted by Gasteiger charge is -2.08. The maximum absolute atomic E-state index is 6.28. The predicted octanol–water partition coefficient (Wildman–Crippen LogP) is 5.76. The van der Waals surface area contributed by atoms with Crippen LogP contribution < -0.4 is 0 Å². The minimum Gasteiger partial charge on any atom is -0.330 e. The maximum atomic E-state index is 6.28. The Kier molecular flexibility index (Phi) is 3.43. The van der Waals surface area contributed by atoms with E-state index in [0.717, 1.165) is 21.2 Å². The van der Waals surface area contributed by atoms with Gasteiger partial charge in [-0.2, -0.15) is 0 Å². The number of aromatic nitrogens is 2. The molecule has 2 aromatic carbocycles. The molecule has 0 aliphatic heterocycles. The first-order chi connectivity index (χ1) is 9.08. The van der Waals surface area contributed by atoms with Crippen LogP contribution in [0.4, 0.5) is 0 Å². The van der Waals surface area contributed by atoms with E-state index in [2.05, 4.69) is 20.9 Å². The van der Waals surface area contributed by atoms with Gasteiger partial charge in [0, 0.05) is 9.50 Å². The molecule has 0 radical (unpaired) electrons. The van der Waals surface area contributed by atoms with Gasteiger partial charge in [-0.25, -0.2) is 0 Å². The minimum atomic E-state index is 0.589. The van der Waals surface area contributed by atoms with Crippen molar-refractivity contribution in [3.8, 4) is 5.69 Å². The third-order valence-corrected chi connectivity index (χ3v) is 4.27. The van der Waals surface area contributed by atoms with Gasteiger partial charge in [0.2, 0.25) is 0 Å². The van der Waals surface area contributed by atoms with Gasteiger partial charge >= 0.3 is 0 Å². The molecule has 0 saturated heterocycles. The Balaban J connectivity index is 2.42. The third-order valence-electron chi connectivity index (χ3n) is 2.81. The lowest BCUT2D eigenvalue weighted by atomic mass is 10.3. The number of aromatic amines is 1. The van der Waals surface area contributed by atoms with Crippen LogP contribution in [0.3, 0.4) is 0 Å². The molecule has 1 heterocycles. The standard InChI is InChI=1S/C13H7BrCl2N2S/c14-8-6-7(15)4-5-11(8)18-12-9(16)2-1-3-10(12)17-13(18)19/h1-6H,(H,17,19). The van der Waals surface area contributed by atoms with Crippen LogP contribution in [0.5, 0.6) is 0 Å². The van der Waals surface area contributed by atoms with E-state index in [0.29, 0.717) is 14.8 Å². The summed E-state index contributed by atoms with van der Waals surface area (Å²) in [5.41, 5.74) is 2.66. The quantitative estimate of drug-likeness (QED) is 0.538. The number of nitrogens with one attached hydrogen (secondary N) is 1. The summed E-state index contributed by atoms with van der Waals surface area (Å²) in [5, 5.41) is 1.31. The molecule has 0 atom stereocenters. The van der Waals surface area contributed by atoms with Gasteiger partial charge in [-0.1, -0.05) is 29.3 Å². The number of nitrogens with zero attached hydrogens (tertiary/aromatic N) is 1. The van der Waals surface area contributed by atoms with E-state index in [-0.39, 0.29) is 0 Å². The number of imidazole rings is 1. The van der Waals surface area contributed by atoms with E-state index in [4.69, 9.17) is 35.4 Å².